The second kappa shape index (κ2) is 11.1. The quantitative estimate of drug-likeness (QED) is 0.175. The molecule has 2 aromatic heterocycles. The van der Waals surface area contributed by atoms with E-state index in [2.05, 4.69) is 104 Å². The van der Waals surface area contributed by atoms with Gasteiger partial charge in [0.15, 0.2) is 0 Å². The predicted octanol–water partition coefficient (Wildman–Crippen LogP) is 7.96. The molecule has 3 heteroatoms. The van der Waals surface area contributed by atoms with E-state index in [-0.39, 0.29) is 26.5 Å². The molecular weight excluding hydrogens is 619 g/mol. The van der Waals surface area contributed by atoms with Crippen LogP contribution in [0.25, 0.3) is 33.6 Å². The van der Waals surface area contributed by atoms with Gasteiger partial charge < -0.3 is 0 Å². The minimum atomic E-state index is -0.229. The topological polar surface area (TPSA) is 25.8 Å². The maximum atomic E-state index is 4.54. The molecule has 0 aliphatic rings. The minimum Gasteiger partial charge on any atom is -0.295 e. The van der Waals surface area contributed by atoms with E-state index in [0.29, 0.717) is 0 Å². The van der Waals surface area contributed by atoms with E-state index in [4.69, 9.17) is 0 Å². The fraction of sp³-hybridized carbons (Fsp3) is 0.152. The first-order valence-corrected chi connectivity index (χ1v) is 12.1. The number of aromatic nitrogens is 2. The van der Waals surface area contributed by atoms with E-state index in [1.807, 2.05) is 42.7 Å². The number of hydrogen-bond acceptors (Lipinski definition) is 2. The zero-order valence-corrected chi connectivity index (χ0v) is 23.0. The molecule has 0 fully saturated rings. The van der Waals surface area contributed by atoms with E-state index in [0.717, 1.165) is 45.6 Å². The Bertz CT molecular complexity index is 1440. The van der Waals surface area contributed by atoms with Crippen LogP contribution in [0.1, 0.15) is 37.5 Å². The maximum Gasteiger partial charge on any atom is 2.00 e. The van der Waals surface area contributed by atoms with Crippen LogP contribution < -0.4 is 0 Å². The van der Waals surface area contributed by atoms with Gasteiger partial charge in [-0.15, -0.1) is 28.8 Å². The van der Waals surface area contributed by atoms with Crippen LogP contribution in [0.3, 0.4) is 0 Å². The summed E-state index contributed by atoms with van der Waals surface area (Å²) in [5.41, 5.74) is 9.55. The summed E-state index contributed by atoms with van der Waals surface area (Å²) >= 11 is 0. The van der Waals surface area contributed by atoms with E-state index >= 15 is 0 Å². The molecule has 0 N–H and O–H groups in total. The van der Waals surface area contributed by atoms with Crippen molar-refractivity contribution in [2.75, 3.05) is 0 Å². The summed E-state index contributed by atoms with van der Waals surface area (Å²) in [6.07, 6.45) is 4.62. The summed E-state index contributed by atoms with van der Waals surface area (Å²) in [5, 5.41) is 0. The molecule has 0 bridgehead atoms. The largest absolute Gasteiger partial charge is 2.00 e. The molecule has 0 aliphatic heterocycles. The van der Waals surface area contributed by atoms with E-state index in [9.17, 15) is 0 Å². The molecule has 2 heterocycles. The molecule has 0 radical (unpaired) electrons. The Morgan fingerprint density at radius 2 is 1.36 bits per heavy atom. The molecule has 5 aromatic rings. The Labute approximate surface area is 228 Å². The fourth-order valence-electron chi connectivity index (χ4n) is 4.39. The first kappa shape index (κ1) is 25.7. The predicted molar refractivity (Wildman–Crippen MR) is 144 cm³/mol. The SMILES string of the molecule is CCc1cc(-c2[c-]c(C(C)(C)c3cccc(-c4ccccn4)c3)ccc2)[c-]c(-c2ccccn2)c1.[Pt+2]. The van der Waals surface area contributed by atoms with Gasteiger partial charge in [-0.2, -0.15) is 35.9 Å². The molecule has 5 rings (SSSR count). The molecule has 0 saturated heterocycles. The molecule has 0 amide bonds. The first-order valence-electron chi connectivity index (χ1n) is 12.1. The molecule has 0 aliphatic carbocycles. The molecule has 0 saturated carbocycles. The number of aryl methyl sites for hydroxylation is 1. The zero-order chi connectivity index (χ0) is 24.3. The molecule has 36 heavy (non-hydrogen) atoms. The Kier molecular flexibility index (Phi) is 7.97. The maximum absolute atomic E-state index is 4.54. The number of hydrogen-bond donors (Lipinski definition) is 0. The molecule has 180 valence electrons. The molecule has 0 spiro atoms. The van der Waals surface area contributed by atoms with Crippen LogP contribution in [0.15, 0.2) is 103 Å². The van der Waals surface area contributed by atoms with Crippen LogP contribution in [0, 0.1) is 12.1 Å². The molecule has 3 aromatic carbocycles. The van der Waals surface area contributed by atoms with Gasteiger partial charge >= 0.3 is 21.1 Å². The minimum absolute atomic E-state index is 0. The normalized spacial score (nSPS) is 11.1. The van der Waals surface area contributed by atoms with Crippen LogP contribution in [0.4, 0.5) is 0 Å². The van der Waals surface area contributed by atoms with Crippen molar-refractivity contribution in [3.63, 3.8) is 0 Å². The Hall–Kier alpha value is -3.35. The third kappa shape index (κ3) is 5.40. The van der Waals surface area contributed by atoms with Gasteiger partial charge in [-0.05, 0) is 41.7 Å². The summed E-state index contributed by atoms with van der Waals surface area (Å²) < 4.78 is 0. The smallest absolute Gasteiger partial charge is 0.295 e. The van der Waals surface area contributed by atoms with Crippen molar-refractivity contribution < 1.29 is 21.1 Å². The fourth-order valence-corrected chi connectivity index (χ4v) is 4.39. The number of rotatable bonds is 6. The van der Waals surface area contributed by atoms with Crippen molar-refractivity contribution in [3.8, 4) is 33.6 Å². The average molecular weight is 648 g/mol. The van der Waals surface area contributed by atoms with Crippen LogP contribution in [-0.4, -0.2) is 9.97 Å². The summed E-state index contributed by atoms with van der Waals surface area (Å²) in [6, 6.07) is 38.8. The Morgan fingerprint density at radius 3 is 2.06 bits per heavy atom. The van der Waals surface area contributed by atoms with Crippen LogP contribution in [-0.2, 0) is 32.9 Å². The third-order valence-electron chi connectivity index (χ3n) is 6.58. The Balaban J connectivity index is 0.00000304. The van der Waals surface area contributed by atoms with Gasteiger partial charge in [0.2, 0.25) is 0 Å². The summed E-state index contributed by atoms with van der Waals surface area (Å²) in [7, 11) is 0. The van der Waals surface area contributed by atoms with E-state index in [1.165, 1.54) is 11.1 Å². The van der Waals surface area contributed by atoms with Gasteiger partial charge in [0, 0.05) is 23.7 Å². The molecule has 0 atom stereocenters. The van der Waals surface area contributed by atoms with Crippen molar-refractivity contribution in [2.24, 2.45) is 0 Å². The van der Waals surface area contributed by atoms with Crippen molar-refractivity contribution in [3.05, 3.63) is 132 Å². The molecular formula is C33H28N2Pt. The van der Waals surface area contributed by atoms with Gasteiger partial charge in [-0.1, -0.05) is 57.2 Å². The van der Waals surface area contributed by atoms with Crippen LogP contribution >= 0.6 is 0 Å². The van der Waals surface area contributed by atoms with Gasteiger partial charge in [0.05, 0.1) is 5.69 Å². The Morgan fingerprint density at radius 1 is 0.667 bits per heavy atom. The summed E-state index contributed by atoms with van der Waals surface area (Å²) in [5.74, 6) is 0. The van der Waals surface area contributed by atoms with Crippen molar-refractivity contribution in [2.45, 2.75) is 32.6 Å². The first-order chi connectivity index (χ1) is 17.0. The monoisotopic (exact) mass is 647 g/mol. The number of nitrogens with zero attached hydrogens (tertiary/aromatic N) is 2. The molecule has 0 unspecified atom stereocenters. The van der Waals surface area contributed by atoms with Crippen molar-refractivity contribution in [1.82, 2.24) is 9.97 Å². The van der Waals surface area contributed by atoms with Crippen LogP contribution in [0.5, 0.6) is 0 Å². The average Bonchev–Trinajstić information content (AvgIpc) is 2.94. The van der Waals surface area contributed by atoms with Gasteiger partial charge in [0.25, 0.3) is 0 Å². The van der Waals surface area contributed by atoms with Gasteiger partial charge in [-0.3, -0.25) is 9.97 Å². The van der Waals surface area contributed by atoms with E-state index < -0.39 is 0 Å². The van der Waals surface area contributed by atoms with E-state index in [1.54, 1.807) is 0 Å². The summed E-state index contributed by atoms with van der Waals surface area (Å²) in [6.45, 7) is 6.69. The number of benzene rings is 3. The van der Waals surface area contributed by atoms with Crippen LogP contribution in [0.2, 0.25) is 0 Å². The second-order valence-corrected chi connectivity index (χ2v) is 9.28. The molecule has 2 nitrogen and oxygen atoms in total. The van der Waals surface area contributed by atoms with Crippen molar-refractivity contribution in [1.29, 1.82) is 0 Å². The van der Waals surface area contributed by atoms with Gasteiger partial charge in [0.1, 0.15) is 0 Å². The van der Waals surface area contributed by atoms with Crippen molar-refractivity contribution >= 4 is 0 Å². The zero-order valence-electron chi connectivity index (χ0n) is 20.7. The second-order valence-electron chi connectivity index (χ2n) is 9.28. The third-order valence-corrected chi connectivity index (χ3v) is 6.58. The number of pyridine rings is 2. The standard InChI is InChI=1S/C33H28N2.Pt/c1-4-24-19-27(21-28(20-24)32-16-6-8-18-35-32)25-11-9-13-29(22-25)33(2,3)30-14-10-12-26(23-30)31-15-5-7-17-34-31;/h5-20,23H,4H2,1-3H3;/q-2;+2. The summed E-state index contributed by atoms with van der Waals surface area (Å²) in [4.78, 5) is 9.07. The van der Waals surface area contributed by atoms with Gasteiger partial charge in [-0.25, -0.2) is 5.56 Å².